The van der Waals surface area contributed by atoms with Crippen molar-refractivity contribution < 1.29 is 22.9 Å². The third kappa shape index (κ3) is 3.33. The Balaban J connectivity index is 1.69. The van der Waals surface area contributed by atoms with Crippen molar-refractivity contribution in [3.8, 4) is 0 Å². The number of benzene rings is 2. The largest absolute Gasteiger partial charge is 0.328 e. The van der Waals surface area contributed by atoms with E-state index in [0.717, 1.165) is 20.8 Å². The van der Waals surface area contributed by atoms with Gasteiger partial charge in [0.15, 0.2) is 4.90 Å². The molecule has 0 unspecified atom stereocenters. The number of piperazine rings is 1. The van der Waals surface area contributed by atoms with Gasteiger partial charge in [-0.15, -0.1) is 0 Å². The van der Waals surface area contributed by atoms with Gasteiger partial charge in [0.2, 0.25) is 10.0 Å². The van der Waals surface area contributed by atoms with E-state index in [-0.39, 0.29) is 19.6 Å². The Labute approximate surface area is 185 Å². The molecular formula is C21H22N4O6S. The standard InChI is InChI=1S/C21H22N4O6S/c1-15-12-23-20(27)22(13-16-8-4-3-5-9-16)19(26)21(23,2)14-24(15)32(30,31)18-11-7-6-10-17(18)25(28)29/h3-11,15H,12-14H2,1-2H3/t15-,21-/m1/s1. The van der Waals surface area contributed by atoms with Gasteiger partial charge in [0.25, 0.3) is 11.6 Å². The van der Waals surface area contributed by atoms with E-state index in [0.29, 0.717) is 0 Å². The van der Waals surface area contributed by atoms with Crippen molar-refractivity contribution in [2.45, 2.75) is 36.9 Å². The summed E-state index contributed by atoms with van der Waals surface area (Å²) in [5.74, 6) is -0.499. The summed E-state index contributed by atoms with van der Waals surface area (Å²) >= 11 is 0. The molecule has 11 heteroatoms. The zero-order chi connectivity index (χ0) is 23.3. The highest BCUT2D eigenvalue weighted by atomic mass is 32.2. The number of hydrogen-bond donors (Lipinski definition) is 0. The van der Waals surface area contributed by atoms with Gasteiger partial charge in [0.05, 0.1) is 11.5 Å². The van der Waals surface area contributed by atoms with E-state index >= 15 is 0 Å². The molecule has 2 aliphatic rings. The molecule has 4 rings (SSSR count). The molecule has 3 amide bonds. The summed E-state index contributed by atoms with van der Waals surface area (Å²) in [6.07, 6.45) is 0. The fourth-order valence-corrected chi connectivity index (χ4v) is 6.15. The highest BCUT2D eigenvalue weighted by Crippen LogP contribution is 2.38. The van der Waals surface area contributed by atoms with Crippen LogP contribution in [0, 0.1) is 10.1 Å². The summed E-state index contributed by atoms with van der Waals surface area (Å²) in [4.78, 5) is 39.1. The van der Waals surface area contributed by atoms with Crippen LogP contribution in [0.5, 0.6) is 0 Å². The molecular weight excluding hydrogens is 436 g/mol. The van der Waals surface area contributed by atoms with Crippen LogP contribution in [0.3, 0.4) is 0 Å². The van der Waals surface area contributed by atoms with Gasteiger partial charge in [-0.05, 0) is 25.5 Å². The molecule has 2 aromatic rings. The lowest BCUT2D eigenvalue weighted by atomic mass is 9.96. The predicted octanol–water partition coefficient (Wildman–Crippen LogP) is 2.21. The predicted molar refractivity (Wildman–Crippen MR) is 114 cm³/mol. The highest BCUT2D eigenvalue weighted by Gasteiger charge is 2.59. The maximum atomic E-state index is 13.4. The van der Waals surface area contributed by atoms with Crippen molar-refractivity contribution in [2.24, 2.45) is 0 Å². The zero-order valence-electron chi connectivity index (χ0n) is 17.5. The zero-order valence-corrected chi connectivity index (χ0v) is 18.4. The number of carbonyl (C=O) groups is 2. The Morgan fingerprint density at radius 3 is 2.38 bits per heavy atom. The summed E-state index contributed by atoms with van der Waals surface area (Å²) in [7, 11) is -4.30. The van der Waals surface area contributed by atoms with E-state index in [4.69, 9.17) is 0 Å². The van der Waals surface area contributed by atoms with Gasteiger partial charge in [-0.1, -0.05) is 42.5 Å². The smallest absolute Gasteiger partial charge is 0.307 e. The van der Waals surface area contributed by atoms with Crippen LogP contribution in [-0.2, 0) is 21.4 Å². The maximum absolute atomic E-state index is 13.4. The molecule has 10 nitrogen and oxygen atoms in total. The summed E-state index contributed by atoms with van der Waals surface area (Å²) in [5, 5.41) is 11.4. The number of amides is 3. The van der Waals surface area contributed by atoms with Crippen molar-refractivity contribution in [1.29, 1.82) is 0 Å². The van der Waals surface area contributed by atoms with Crippen LogP contribution in [-0.4, -0.2) is 64.1 Å². The third-order valence-corrected chi connectivity index (χ3v) is 8.01. The number of imide groups is 1. The van der Waals surface area contributed by atoms with Crippen LogP contribution in [0.25, 0.3) is 0 Å². The lowest BCUT2D eigenvalue weighted by Gasteiger charge is -2.45. The first-order chi connectivity index (χ1) is 15.1. The summed E-state index contributed by atoms with van der Waals surface area (Å²) in [5.41, 5.74) is -1.17. The molecule has 0 saturated carbocycles. The van der Waals surface area contributed by atoms with E-state index < -0.39 is 49.0 Å². The number of para-hydroxylation sites is 1. The number of fused-ring (bicyclic) bond motifs is 1. The molecule has 0 aromatic heterocycles. The Morgan fingerprint density at radius 1 is 1.09 bits per heavy atom. The molecule has 32 heavy (non-hydrogen) atoms. The average Bonchev–Trinajstić information content (AvgIpc) is 2.95. The minimum Gasteiger partial charge on any atom is -0.307 e. The van der Waals surface area contributed by atoms with Crippen molar-refractivity contribution in [3.63, 3.8) is 0 Å². The molecule has 2 heterocycles. The van der Waals surface area contributed by atoms with Crippen LogP contribution < -0.4 is 0 Å². The highest BCUT2D eigenvalue weighted by molar-refractivity contribution is 7.89. The summed E-state index contributed by atoms with van der Waals surface area (Å²) in [6.45, 7) is 2.93. The van der Waals surface area contributed by atoms with Crippen LogP contribution in [0.15, 0.2) is 59.5 Å². The van der Waals surface area contributed by atoms with Gasteiger partial charge in [-0.2, -0.15) is 4.31 Å². The van der Waals surface area contributed by atoms with Crippen molar-refractivity contribution >= 4 is 27.6 Å². The van der Waals surface area contributed by atoms with Gasteiger partial charge in [0, 0.05) is 25.2 Å². The summed E-state index contributed by atoms with van der Waals surface area (Å²) < 4.78 is 27.9. The molecule has 2 saturated heterocycles. The molecule has 2 atom stereocenters. The van der Waals surface area contributed by atoms with Gasteiger partial charge in [-0.25, -0.2) is 13.2 Å². The number of rotatable bonds is 5. The molecule has 0 aliphatic carbocycles. The van der Waals surface area contributed by atoms with E-state index in [9.17, 15) is 28.1 Å². The van der Waals surface area contributed by atoms with Gasteiger partial charge in [-0.3, -0.25) is 19.8 Å². The Hall–Kier alpha value is -3.31. The number of sulfonamides is 1. The van der Waals surface area contributed by atoms with Crippen LogP contribution in [0.4, 0.5) is 10.5 Å². The van der Waals surface area contributed by atoms with Crippen LogP contribution in [0.1, 0.15) is 19.4 Å². The van der Waals surface area contributed by atoms with E-state index in [2.05, 4.69) is 0 Å². The fraction of sp³-hybridized carbons (Fsp3) is 0.333. The van der Waals surface area contributed by atoms with Crippen molar-refractivity contribution in [3.05, 3.63) is 70.3 Å². The molecule has 168 valence electrons. The second-order valence-electron chi connectivity index (χ2n) is 8.17. The molecule has 0 N–H and O–H groups in total. The van der Waals surface area contributed by atoms with Gasteiger partial charge in [0.1, 0.15) is 5.54 Å². The monoisotopic (exact) mass is 458 g/mol. The number of nitrogens with zero attached hydrogens (tertiary/aromatic N) is 4. The maximum Gasteiger partial charge on any atom is 0.328 e. The molecule has 0 bridgehead atoms. The topological polar surface area (TPSA) is 121 Å². The molecule has 2 aromatic carbocycles. The minimum absolute atomic E-state index is 0.00771. The lowest BCUT2D eigenvalue weighted by molar-refractivity contribution is -0.387. The van der Waals surface area contributed by atoms with E-state index in [1.807, 2.05) is 6.07 Å². The Bertz CT molecular complexity index is 1200. The Morgan fingerprint density at radius 2 is 1.72 bits per heavy atom. The van der Waals surface area contributed by atoms with Crippen molar-refractivity contribution in [2.75, 3.05) is 13.1 Å². The van der Waals surface area contributed by atoms with Crippen LogP contribution >= 0.6 is 0 Å². The SMILES string of the molecule is C[C@@H]1CN2C(=O)N(Cc3ccccc3)C(=O)[C@@]2(C)CN1S(=O)(=O)c1ccccc1[N+](=O)[O-]. The summed E-state index contributed by atoms with van der Waals surface area (Å²) in [6, 6.07) is 13.0. The second-order valence-corrected chi connectivity index (χ2v) is 10.0. The lowest BCUT2D eigenvalue weighted by Crippen LogP contribution is -2.65. The first kappa shape index (κ1) is 21.9. The number of carbonyl (C=O) groups excluding carboxylic acids is 2. The number of nitro groups is 1. The fourth-order valence-electron chi connectivity index (χ4n) is 4.28. The normalized spacial score (nSPS) is 24.0. The second kappa shape index (κ2) is 7.68. The van der Waals surface area contributed by atoms with Gasteiger partial charge >= 0.3 is 6.03 Å². The number of urea groups is 1. The first-order valence-electron chi connectivity index (χ1n) is 10.00. The molecule has 0 radical (unpaired) electrons. The van der Waals surface area contributed by atoms with E-state index in [1.165, 1.54) is 30.0 Å². The quantitative estimate of drug-likeness (QED) is 0.385. The number of nitro benzene ring substituents is 1. The molecule has 0 spiro atoms. The van der Waals surface area contributed by atoms with E-state index in [1.54, 1.807) is 31.2 Å². The minimum atomic E-state index is -4.30. The first-order valence-corrected chi connectivity index (χ1v) is 11.4. The molecule has 2 aliphatic heterocycles. The molecule has 2 fully saturated rings. The number of hydrogen-bond acceptors (Lipinski definition) is 6. The van der Waals surface area contributed by atoms with Crippen LogP contribution in [0.2, 0.25) is 0 Å². The Kier molecular flexibility index (Phi) is 5.25. The van der Waals surface area contributed by atoms with Crippen molar-refractivity contribution in [1.82, 2.24) is 14.1 Å². The average molecular weight is 458 g/mol. The third-order valence-electron chi connectivity index (χ3n) is 6.00. The van der Waals surface area contributed by atoms with Gasteiger partial charge < -0.3 is 4.90 Å².